The highest BCUT2D eigenvalue weighted by Crippen LogP contribution is 2.31. The number of rotatable bonds is 9. The van der Waals surface area contributed by atoms with Gasteiger partial charge in [0, 0.05) is 54.4 Å². The van der Waals surface area contributed by atoms with Gasteiger partial charge in [0.1, 0.15) is 5.84 Å². The van der Waals surface area contributed by atoms with Gasteiger partial charge >= 0.3 is 12.0 Å². The van der Waals surface area contributed by atoms with Crippen molar-refractivity contribution < 1.29 is 19.1 Å². The van der Waals surface area contributed by atoms with Crippen molar-refractivity contribution in [2.24, 2.45) is 5.73 Å². The van der Waals surface area contributed by atoms with E-state index in [1.54, 1.807) is 14.0 Å². The molecule has 0 unspecified atom stereocenters. The van der Waals surface area contributed by atoms with E-state index in [-0.39, 0.29) is 42.4 Å². The quantitative estimate of drug-likeness (QED) is 0.277. The first-order valence-electron chi connectivity index (χ1n) is 13.1. The fraction of sp³-hybridized carbons (Fsp3) is 0.593. The number of carbonyl (C=O) groups is 2. The van der Waals surface area contributed by atoms with Gasteiger partial charge in [0.15, 0.2) is 0 Å². The van der Waals surface area contributed by atoms with Crippen molar-refractivity contribution in [3.8, 4) is 0 Å². The van der Waals surface area contributed by atoms with Gasteiger partial charge in [0.25, 0.3) is 0 Å². The number of nitrogen functional groups attached to an aromatic ring is 1. The molecule has 2 saturated heterocycles. The maximum absolute atomic E-state index is 13.7. The number of benzene rings is 1. The van der Waals surface area contributed by atoms with Crippen LogP contribution in [0.2, 0.25) is 0 Å². The minimum Gasteiger partial charge on any atom is -0.466 e. The van der Waals surface area contributed by atoms with Gasteiger partial charge in [-0.25, -0.2) is 4.79 Å². The maximum Gasteiger partial charge on any atom is 0.320 e. The Bertz CT molecular complexity index is 1110. The molecule has 1 aromatic carbocycles. The van der Waals surface area contributed by atoms with Gasteiger partial charge in [-0.05, 0) is 57.1 Å². The van der Waals surface area contributed by atoms with Crippen molar-refractivity contribution in [2.45, 2.75) is 77.0 Å². The van der Waals surface area contributed by atoms with Crippen molar-refractivity contribution in [1.82, 2.24) is 14.8 Å². The van der Waals surface area contributed by atoms with E-state index in [1.807, 2.05) is 28.0 Å². The van der Waals surface area contributed by atoms with Crippen LogP contribution in [0.1, 0.15) is 62.8 Å². The average molecular weight is 498 g/mol. The van der Waals surface area contributed by atoms with Crippen LogP contribution >= 0.6 is 0 Å². The average Bonchev–Trinajstić information content (AvgIpc) is 3.58. The van der Waals surface area contributed by atoms with E-state index in [0.29, 0.717) is 25.1 Å². The second kappa shape index (κ2) is 11.3. The smallest absolute Gasteiger partial charge is 0.320 e. The second-order valence-electron chi connectivity index (χ2n) is 9.83. The third-order valence-corrected chi connectivity index (χ3v) is 7.67. The van der Waals surface area contributed by atoms with Crippen molar-refractivity contribution >= 4 is 28.7 Å². The van der Waals surface area contributed by atoms with Crippen molar-refractivity contribution in [3.63, 3.8) is 0 Å². The Balaban J connectivity index is 1.46. The number of fused-ring (bicyclic) bond motifs is 1. The maximum atomic E-state index is 13.7. The summed E-state index contributed by atoms with van der Waals surface area (Å²) in [5, 5.41) is 8.90. The summed E-state index contributed by atoms with van der Waals surface area (Å²) in [6.45, 7) is 5.52. The zero-order valence-electron chi connectivity index (χ0n) is 21.6. The molecule has 0 radical (unpaired) electrons. The van der Waals surface area contributed by atoms with Gasteiger partial charge in [-0.3, -0.25) is 10.2 Å². The number of ether oxygens (including phenoxy) is 2. The summed E-state index contributed by atoms with van der Waals surface area (Å²) in [7, 11) is 1.66. The largest absolute Gasteiger partial charge is 0.466 e. The third-order valence-electron chi connectivity index (χ3n) is 7.67. The minimum absolute atomic E-state index is 0.00445. The molecule has 0 saturated carbocycles. The fourth-order valence-electron chi connectivity index (χ4n) is 5.84. The van der Waals surface area contributed by atoms with Crippen molar-refractivity contribution in [2.75, 3.05) is 26.8 Å². The molecule has 36 heavy (non-hydrogen) atoms. The van der Waals surface area contributed by atoms with E-state index in [4.69, 9.17) is 20.6 Å². The zero-order chi connectivity index (χ0) is 25.8. The number of amides is 2. The summed E-state index contributed by atoms with van der Waals surface area (Å²) < 4.78 is 10.7. The lowest BCUT2D eigenvalue weighted by atomic mass is 10.0. The van der Waals surface area contributed by atoms with Crippen LogP contribution in [0, 0.1) is 5.41 Å². The predicted octanol–water partition coefficient (Wildman–Crippen LogP) is 3.57. The molecule has 4 rings (SSSR count). The van der Waals surface area contributed by atoms with Crippen molar-refractivity contribution in [1.29, 1.82) is 5.41 Å². The number of hydrogen-bond donors (Lipinski definition) is 3. The number of aromatic nitrogens is 1. The highest BCUT2D eigenvalue weighted by atomic mass is 16.5. The highest BCUT2D eigenvalue weighted by Gasteiger charge is 2.41. The number of nitrogens with two attached hydrogens (primary N) is 1. The van der Waals surface area contributed by atoms with Crippen LogP contribution in [0.25, 0.3) is 10.9 Å². The number of aromatic amines is 1. The minimum atomic E-state index is -0.270. The van der Waals surface area contributed by atoms with Gasteiger partial charge in [0.05, 0.1) is 19.1 Å². The van der Waals surface area contributed by atoms with Crippen LogP contribution in [0.15, 0.2) is 18.2 Å². The molecular weight excluding hydrogens is 458 g/mol. The molecule has 2 aliphatic heterocycles. The number of nitrogens with one attached hydrogen (secondary N) is 2. The van der Waals surface area contributed by atoms with Gasteiger partial charge < -0.3 is 30.0 Å². The topological polar surface area (TPSA) is 125 Å². The van der Waals surface area contributed by atoms with Crippen LogP contribution in [-0.2, 0) is 27.1 Å². The molecule has 4 N–H and O–H groups in total. The van der Waals surface area contributed by atoms with E-state index < -0.39 is 0 Å². The molecule has 2 aromatic rings. The Hall–Kier alpha value is -3.07. The second-order valence-corrected chi connectivity index (χ2v) is 9.83. The number of methoxy groups -OCH3 is 1. The lowest BCUT2D eigenvalue weighted by molar-refractivity contribution is -0.144. The summed E-state index contributed by atoms with van der Waals surface area (Å²) in [4.78, 5) is 33.2. The normalized spacial score (nSPS) is 21.9. The molecule has 2 aliphatic rings. The van der Waals surface area contributed by atoms with Gasteiger partial charge in [-0.15, -0.1) is 0 Å². The van der Waals surface area contributed by atoms with E-state index in [2.05, 4.69) is 11.9 Å². The number of nitrogens with zero attached hydrogens (tertiary/aromatic N) is 2. The standard InChI is InChI=1S/C27H39N5O4/c1-4-21-22-10-8-17(26(28)29)13-24(22)30-23(21)11-9-18-7-6-12-31(18)27(34)32-16-20(35-3)14-19(32)15-25(33)36-5-2/h8,10,13,18-20,30H,4-7,9,11-12,14-16H2,1-3H3,(H3,28,29)/t18-,19+,20+/m0/s1. The first-order valence-corrected chi connectivity index (χ1v) is 13.1. The number of hydrogen-bond acceptors (Lipinski definition) is 5. The zero-order valence-corrected chi connectivity index (χ0v) is 21.6. The van der Waals surface area contributed by atoms with E-state index in [0.717, 1.165) is 44.2 Å². The van der Waals surface area contributed by atoms with E-state index >= 15 is 0 Å². The summed E-state index contributed by atoms with van der Waals surface area (Å²) >= 11 is 0. The monoisotopic (exact) mass is 497 g/mol. The van der Waals surface area contributed by atoms with E-state index in [1.165, 1.54) is 16.6 Å². The molecule has 2 amide bonds. The summed E-state index contributed by atoms with van der Waals surface area (Å²) in [6, 6.07) is 5.85. The molecule has 0 bridgehead atoms. The number of esters is 1. The van der Waals surface area contributed by atoms with Crippen LogP contribution in [0.3, 0.4) is 0 Å². The molecule has 9 heteroatoms. The number of likely N-dealkylation sites (tertiary alicyclic amines) is 2. The Labute approximate surface area is 212 Å². The van der Waals surface area contributed by atoms with E-state index in [9.17, 15) is 9.59 Å². The molecule has 0 aliphatic carbocycles. The van der Waals surface area contributed by atoms with Crippen LogP contribution in [0.4, 0.5) is 4.79 Å². The Morgan fingerprint density at radius 1 is 1.22 bits per heavy atom. The van der Waals surface area contributed by atoms with Gasteiger partial charge in [-0.2, -0.15) is 0 Å². The summed E-state index contributed by atoms with van der Waals surface area (Å²) in [5.41, 5.74) is 9.86. The molecule has 9 nitrogen and oxygen atoms in total. The number of H-pyrrole nitrogens is 1. The number of amidine groups is 1. The Morgan fingerprint density at radius 2 is 2.03 bits per heavy atom. The predicted molar refractivity (Wildman–Crippen MR) is 139 cm³/mol. The molecule has 2 fully saturated rings. The fourth-order valence-corrected chi connectivity index (χ4v) is 5.84. The van der Waals surface area contributed by atoms with Crippen LogP contribution in [-0.4, -0.2) is 77.6 Å². The number of carbonyl (C=O) groups excluding carboxylic acids is 2. The van der Waals surface area contributed by atoms with Crippen LogP contribution in [0.5, 0.6) is 0 Å². The number of aryl methyl sites for hydroxylation is 2. The molecular formula is C27H39N5O4. The molecule has 0 spiro atoms. The Morgan fingerprint density at radius 3 is 2.72 bits per heavy atom. The lowest BCUT2D eigenvalue weighted by Gasteiger charge is -2.32. The Kier molecular flexibility index (Phi) is 8.18. The first kappa shape index (κ1) is 26.0. The molecule has 196 valence electrons. The SMILES string of the molecule is CCOC(=O)C[C@H]1C[C@@H](OC)CN1C(=O)N1CCC[C@H]1CCc1[nH]c2cc(C(=N)N)ccc2c1CC. The molecule has 3 heterocycles. The summed E-state index contributed by atoms with van der Waals surface area (Å²) in [5.74, 6) is -0.209. The molecule has 1 aromatic heterocycles. The van der Waals surface area contributed by atoms with Gasteiger partial charge in [0.2, 0.25) is 0 Å². The highest BCUT2D eigenvalue weighted by molar-refractivity contribution is 5.99. The van der Waals surface area contributed by atoms with Crippen LogP contribution < -0.4 is 5.73 Å². The summed E-state index contributed by atoms with van der Waals surface area (Å²) in [6.07, 6.45) is 5.37. The number of urea groups is 1. The third kappa shape index (κ3) is 5.36. The first-order chi connectivity index (χ1) is 17.4. The molecule has 3 atom stereocenters. The van der Waals surface area contributed by atoms with Crippen molar-refractivity contribution in [3.05, 3.63) is 35.0 Å². The lowest BCUT2D eigenvalue weighted by Crippen LogP contribution is -2.48. The van der Waals surface area contributed by atoms with Gasteiger partial charge in [-0.1, -0.05) is 19.1 Å².